The molecule has 1 aliphatic carbocycles. The van der Waals surface area contributed by atoms with Gasteiger partial charge in [0.1, 0.15) is 5.00 Å². The van der Waals surface area contributed by atoms with Gasteiger partial charge >= 0.3 is 0 Å². The molecule has 0 radical (unpaired) electrons. The van der Waals surface area contributed by atoms with Crippen molar-refractivity contribution in [1.29, 1.82) is 0 Å². The molecule has 2 aromatic rings. The molecule has 1 aliphatic heterocycles. The number of hydrogen-bond donors (Lipinski definition) is 2. The lowest BCUT2D eigenvalue weighted by Crippen LogP contribution is -2.31. The molecule has 0 saturated carbocycles. The zero-order valence-corrected chi connectivity index (χ0v) is 18.4. The average molecular weight is 440 g/mol. The van der Waals surface area contributed by atoms with E-state index in [1.54, 1.807) is 0 Å². The smallest absolute Gasteiger partial charge is 0.261 e. The molecule has 162 valence electrons. The van der Waals surface area contributed by atoms with Crippen LogP contribution in [0.1, 0.15) is 85.0 Å². The summed E-state index contributed by atoms with van der Waals surface area (Å²) < 4.78 is 0. The Bertz CT molecular complexity index is 1100. The molecule has 0 fully saturated rings. The third kappa shape index (κ3) is 3.87. The molecule has 4 amide bonds. The Balaban J connectivity index is 1.59. The van der Waals surface area contributed by atoms with Crippen LogP contribution in [0.5, 0.6) is 0 Å². The zero-order valence-electron chi connectivity index (χ0n) is 17.6. The van der Waals surface area contributed by atoms with Crippen LogP contribution in [-0.4, -0.2) is 35.1 Å². The molecule has 0 saturated heterocycles. The minimum absolute atomic E-state index is 0.238. The van der Waals surface area contributed by atoms with Gasteiger partial charge in [0.05, 0.1) is 16.7 Å². The summed E-state index contributed by atoms with van der Waals surface area (Å²) in [6, 6.07) is 4.51. The SMILES string of the molecule is CC(C)CCN1C(=O)c2ccc(C(=O)Nc3sc4c(c3C(N)=O)CCCC4)cc2C1=O. The van der Waals surface area contributed by atoms with E-state index in [-0.39, 0.29) is 22.9 Å². The highest BCUT2D eigenvalue weighted by Gasteiger charge is 2.36. The van der Waals surface area contributed by atoms with Crippen molar-refractivity contribution in [1.82, 2.24) is 4.90 Å². The third-order valence-electron chi connectivity index (χ3n) is 5.81. The largest absolute Gasteiger partial charge is 0.365 e. The topological polar surface area (TPSA) is 110 Å². The molecule has 0 spiro atoms. The van der Waals surface area contributed by atoms with E-state index in [1.807, 2.05) is 13.8 Å². The second-order valence-electron chi connectivity index (χ2n) is 8.44. The van der Waals surface area contributed by atoms with E-state index in [2.05, 4.69) is 5.32 Å². The number of primary amides is 1. The molecular formula is C23H25N3O4S. The fraction of sp³-hybridized carbons (Fsp3) is 0.391. The van der Waals surface area contributed by atoms with Gasteiger partial charge in [-0.2, -0.15) is 0 Å². The van der Waals surface area contributed by atoms with Crippen LogP contribution >= 0.6 is 11.3 Å². The number of carbonyl (C=O) groups is 4. The minimum Gasteiger partial charge on any atom is -0.365 e. The van der Waals surface area contributed by atoms with Gasteiger partial charge in [-0.15, -0.1) is 11.3 Å². The van der Waals surface area contributed by atoms with Crippen LogP contribution in [0.4, 0.5) is 5.00 Å². The van der Waals surface area contributed by atoms with Crippen LogP contribution < -0.4 is 11.1 Å². The molecule has 2 aliphatic rings. The Morgan fingerprint density at radius 2 is 1.84 bits per heavy atom. The van der Waals surface area contributed by atoms with Gasteiger partial charge in [-0.1, -0.05) is 13.8 Å². The summed E-state index contributed by atoms with van der Waals surface area (Å²) in [6.45, 7) is 4.42. The van der Waals surface area contributed by atoms with Gasteiger partial charge in [-0.25, -0.2) is 0 Å². The zero-order chi connectivity index (χ0) is 22.3. The molecular weight excluding hydrogens is 414 g/mol. The number of rotatable bonds is 6. The number of aryl methyl sites for hydroxylation is 1. The van der Waals surface area contributed by atoms with Crippen molar-refractivity contribution in [3.8, 4) is 0 Å². The Morgan fingerprint density at radius 3 is 2.55 bits per heavy atom. The molecule has 8 heteroatoms. The first kappa shape index (κ1) is 21.2. The molecule has 31 heavy (non-hydrogen) atoms. The molecule has 0 unspecified atom stereocenters. The second-order valence-corrected chi connectivity index (χ2v) is 9.54. The molecule has 4 rings (SSSR count). The first-order valence-electron chi connectivity index (χ1n) is 10.5. The Hall–Kier alpha value is -3.00. The molecule has 1 aromatic heterocycles. The van der Waals surface area contributed by atoms with Gasteiger partial charge in [0, 0.05) is 17.0 Å². The number of thiophene rings is 1. The number of fused-ring (bicyclic) bond motifs is 2. The van der Waals surface area contributed by atoms with Crippen molar-refractivity contribution in [2.24, 2.45) is 11.7 Å². The van der Waals surface area contributed by atoms with E-state index in [1.165, 1.54) is 34.4 Å². The van der Waals surface area contributed by atoms with Gasteiger partial charge in [0.2, 0.25) is 0 Å². The lowest BCUT2D eigenvalue weighted by atomic mass is 9.95. The minimum atomic E-state index is -0.551. The summed E-state index contributed by atoms with van der Waals surface area (Å²) in [4.78, 5) is 52.6. The summed E-state index contributed by atoms with van der Waals surface area (Å²) in [5.41, 5.74) is 7.74. The number of nitrogens with zero attached hydrogens (tertiary/aromatic N) is 1. The summed E-state index contributed by atoms with van der Waals surface area (Å²) in [5.74, 6) is -1.33. The second kappa shape index (κ2) is 8.26. The first-order valence-corrected chi connectivity index (χ1v) is 11.4. The number of imide groups is 1. The number of benzene rings is 1. The highest BCUT2D eigenvalue weighted by atomic mass is 32.1. The maximum absolute atomic E-state index is 12.9. The number of nitrogens with two attached hydrogens (primary N) is 1. The molecule has 2 heterocycles. The molecule has 0 bridgehead atoms. The highest BCUT2D eigenvalue weighted by molar-refractivity contribution is 7.17. The lowest BCUT2D eigenvalue weighted by molar-refractivity contribution is 0.0647. The fourth-order valence-electron chi connectivity index (χ4n) is 4.11. The summed E-state index contributed by atoms with van der Waals surface area (Å²) in [7, 11) is 0. The van der Waals surface area contributed by atoms with E-state index in [9.17, 15) is 19.2 Å². The fourth-order valence-corrected chi connectivity index (χ4v) is 5.40. The predicted molar refractivity (Wildman–Crippen MR) is 119 cm³/mol. The Labute approximate surface area is 184 Å². The lowest BCUT2D eigenvalue weighted by Gasteiger charge is -2.14. The van der Waals surface area contributed by atoms with E-state index in [0.717, 1.165) is 42.5 Å². The molecule has 7 nitrogen and oxygen atoms in total. The number of carbonyl (C=O) groups excluding carboxylic acids is 4. The van der Waals surface area contributed by atoms with Crippen LogP contribution in [-0.2, 0) is 12.8 Å². The van der Waals surface area contributed by atoms with Crippen LogP contribution in [0.2, 0.25) is 0 Å². The van der Waals surface area contributed by atoms with Gasteiger partial charge in [-0.3, -0.25) is 24.1 Å². The van der Waals surface area contributed by atoms with Crippen molar-refractivity contribution < 1.29 is 19.2 Å². The van der Waals surface area contributed by atoms with Crippen molar-refractivity contribution in [2.75, 3.05) is 11.9 Å². The monoisotopic (exact) mass is 439 g/mol. The van der Waals surface area contributed by atoms with Gasteiger partial charge in [0.15, 0.2) is 0 Å². The van der Waals surface area contributed by atoms with Crippen LogP contribution in [0.3, 0.4) is 0 Å². The maximum atomic E-state index is 12.9. The summed E-state index contributed by atoms with van der Waals surface area (Å²) in [5, 5.41) is 3.25. The first-order chi connectivity index (χ1) is 14.8. The third-order valence-corrected chi connectivity index (χ3v) is 7.01. The number of amides is 4. The summed E-state index contributed by atoms with van der Waals surface area (Å²) in [6.07, 6.45) is 4.41. The number of anilines is 1. The van der Waals surface area contributed by atoms with E-state index < -0.39 is 11.8 Å². The summed E-state index contributed by atoms with van der Waals surface area (Å²) >= 11 is 1.39. The average Bonchev–Trinajstić information content (AvgIpc) is 3.21. The standard InChI is InChI=1S/C23H25N3O4S/c1-12(2)9-10-26-22(29)14-8-7-13(11-16(14)23(26)30)20(28)25-21-18(19(24)27)15-5-3-4-6-17(15)31-21/h7-8,11-12H,3-6,9-10H2,1-2H3,(H2,24,27)(H,25,28). The van der Waals surface area contributed by atoms with Gasteiger partial charge < -0.3 is 11.1 Å². The molecule has 0 atom stereocenters. The predicted octanol–water partition coefficient (Wildman–Crippen LogP) is 3.62. The van der Waals surface area contributed by atoms with Gasteiger partial charge in [0.25, 0.3) is 23.6 Å². The Morgan fingerprint density at radius 1 is 1.13 bits per heavy atom. The van der Waals surface area contributed by atoms with E-state index in [0.29, 0.717) is 28.6 Å². The number of nitrogens with one attached hydrogen (secondary N) is 1. The maximum Gasteiger partial charge on any atom is 0.261 e. The Kier molecular flexibility index (Phi) is 5.66. The highest BCUT2D eigenvalue weighted by Crippen LogP contribution is 2.38. The van der Waals surface area contributed by atoms with Crippen molar-refractivity contribution >= 4 is 40.0 Å². The van der Waals surface area contributed by atoms with Crippen molar-refractivity contribution in [3.05, 3.63) is 50.9 Å². The van der Waals surface area contributed by atoms with Crippen LogP contribution in [0, 0.1) is 5.92 Å². The van der Waals surface area contributed by atoms with Crippen molar-refractivity contribution in [3.63, 3.8) is 0 Å². The number of hydrogen-bond acceptors (Lipinski definition) is 5. The van der Waals surface area contributed by atoms with E-state index >= 15 is 0 Å². The molecule has 1 aromatic carbocycles. The van der Waals surface area contributed by atoms with Crippen LogP contribution in [0.15, 0.2) is 18.2 Å². The quantitative estimate of drug-likeness (QED) is 0.670. The molecule has 3 N–H and O–H groups in total. The van der Waals surface area contributed by atoms with Gasteiger partial charge in [-0.05, 0) is 61.8 Å². The van der Waals surface area contributed by atoms with E-state index in [4.69, 9.17) is 5.73 Å². The van der Waals surface area contributed by atoms with Crippen molar-refractivity contribution in [2.45, 2.75) is 46.0 Å². The normalized spacial score (nSPS) is 15.3. The van der Waals surface area contributed by atoms with Crippen LogP contribution in [0.25, 0.3) is 0 Å².